The van der Waals surface area contributed by atoms with Gasteiger partial charge in [0.25, 0.3) is 5.56 Å². The van der Waals surface area contributed by atoms with Crippen LogP contribution in [-0.2, 0) is 6.54 Å². The first-order chi connectivity index (χ1) is 14.1. The summed E-state index contributed by atoms with van der Waals surface area (Å²) in [5.41, 5.74) is 4.03. The fourth-order valence-electron chi connectivity index (χ4n) is 3.59. The predicted octanol–water partition coefficient (Wildman–Crippen LogP) is 5.71. The summed E-state index contributed by atoms with van der Waals surface area (Å²) in [7, 11) is 0. The van der Waals surface area contributed by atoms with E-state index in [1.165, 1.54) is 0 Å². The largest absolute Gasteiger partial charge is 0.292 e. The van der Waals surface area contributed by atoms with E-state index in [-0.39, 0.29) is 5.56 Å². The SMILES string of the molecule is Cc1ccc(-c2nc3sc(C)c(-c4ccccc4)c3c(=O)n2CCCC#N)cc1. The molecular formula is C24H21N3OS. The maximum Gasteiger partial charge on any atom is 0.263 e. The number of unbranched alkanes of at least 4 members (excludes halogenated alkanes) is 1. The summed E-state index contributed by atoms with van der Waals surface area (Å²) in [6.07, 6.45) is 1.03. The van der Waals surface area contributed by atoms with Gasteiger partial charge < -0.3 is 0 Å². The van der Waals surface area contributed by atoms with E-state index >= 15 is 0 Å². The van der Waals surface area contributed by atoms with Crippen molar-refractivity contribution >= 4 is 21.6 Å². The highest BCUT2D eigenvalue weighted by atomic mass is 32.1. The minimum Gasteiger partial charge on any atom is -0.292 e. The number of fused-ring (bicyclic) bond motifs is 1. The van der Waals surface area contributed by atoms with Crippen molar-refractivity contribution in [1.82, 2.24) is 9.55 Å². The van der Waals surface area contributed by atoms with Gasteiger partial charge in [-0.05, 0) is 25.8 Å². The van der Waals surface area contributed by atoms with Crippen LogP contribution in [0.25, 0.3) is 32.7 Å². The summed E-state index contributed by atoms with van der Waals surface area (Å²) in [5.74, 6) is 0.668. The molecule has 2 aromatic heterocycles. The molecule has 2 aromatic carbocycles. The number of aromatic nitrogens is 2. The average molecular weight is 400 g/mol. The van der Waals surface area contributed by atoms with Crippen molar-refractivity contribution in [1.29, 1.82) is 5.26 Å². The van der Waals surface area contributed by atoms with Gasteiger partial charge in [-0.3, -0.25) is 9.36 Å². The Hall–Kier alpha value is -3.23. The Kier molecular flexibility index (Phi) is 5.28. The van der Waals surface area contributed by atoms with E-state index in [2.05, 4.69) is 6.07 Å². The van der Waals surface area contributed by atoms with Crippen molar-refractivity contribution in [3.05, 3.63) is 75.4 Å². The number of benzene rings is 2. The Morgan fingerprint density at radius 3 is 2.45 bits per heavy atom. The van der Waals surface area contributed by atoms with Gasteiger partial charge in [0.15, 0.2) is 0 Å². The summed E-state index contributed by atoms with van der Waals surface area (Å²) in [6.45, 7) is 4.55. The maximum absolute atomic E-state index is 13.6. The topological polar surface area (TPSA) is 58.7 Å². The molecule has 0 bridgehead atoms. The van der Waals surface area contributed by atoms with E-state index in [9.17, 15) is 4.79 Å². The molecule has 29 heavy (non-hydrogen) atoms. The van der Waals surface area contributed by atoms with E-state index in [1.54, 1.807) is 15.9 Å². The highest BCUT2D eigenvalue weighted by molar-refractivity contribution is 7.19. The van der Waals surface area contributed by atoms with Gasteiger partial charge in [-0.1, -0.05) is 60.2 Å². The van der Waals surface area contributed by atoms with E-state index in [0.29, 0.717) is 30.6 Å². The lowest BCUT2D eigenvalue weighted by molar-refractivity contribution is 0.634. The average Bonchev–Trinajstić information content (AvgIpc) is 3.07. The van der Waals surface area contributed by atoms with Crippen LogP contribution in [0.2, 0.25) is 0 Å². The smallest absolute Gasteiger partial charge is 0.263 e. The van der Waals surface area contributed by atoms with E-state index in [1.807, 2.05) is 68.4 Å². The molecule has 0 atom stereocenters. The van der Waals surface area contributed by atoms with Crippen LogP contribution in [0.5, 0.6) is 0 Å². The summed E-state index contributed by atoms with van der Waals surface area (Å²) < 4.78 is 1.74. The van der Waals surface area contributed by atoms with Crippen LogP contribution in [0.15, 0.2) is 59.4 Å². The summed E-state index contributed by atoms with van der Waals surface area (Å²) >= 11 is 1.56. The first-order valence-corrected chi connectivity index (χ1v) is 10.4. The third-order valence-corrected chi connectivity index (χ3v) is 6.03. The van der Waals surface area contributed by atoms with E-state index in [0.717, 1.165) is 32.0 Å². The summed E-state index contributed by atoms with van der Waals surface area (Å²) in [6, 6.07) is 20.2. The fraction of sp³-hybridized carbons (Fsp3) is 0.208. The molecule has 0 unspecified atom stereocenters. The van der Waals surface area contributed by atoms with E-state index in [4.69, 9.17) is 10.2 Å². The zero-order chi connectivity index (χ0) is 20.4. The molecule has 4 aromatic rings. The molecule has 0 spiro atoms. The molecule has 0 saturated heterocycles. The molecule has 144 valence electrons. The molecule has 4 rings (SSSR count). The lowest BCUT2D eigenvalue weighted by atomic mass is 10.0. The molecule has 0 aliphatic carbocycles. The highest BCUT2D eigenvalue weighted by Gasteiger charge is 2.20. The molecule has 5 heteroatoms. The molecule has 0 aliphatic rings. The van der Waals surface area contributed by atoms with Crippen LogP contribution in [0.1, 0.15) is 23.3 Å². The first kappa shape index (κ1) is 19.1. The number of rotatable bonds is 5. The van der Waals surface area contributed by atoms with Gasteiger partial charge in [0.2, 0.25) is 0 Å². The van der Waals surface area contributed by atoms with Crippen molar-refractivity contribution in [2.24, 2.45) is 0 Å². The Morgan fingerprint density at radius 1 is 1.03 bits per heavy atom. The number of aryl methyl sites for hydroxylation is 2. The standard InChI is InChI=1S/C24H21N3OS/c1-16-10-12-19(13-11-16)22-26-23-21(24(28)27(22)15-7-6-14-25)20(17(2)29-23)18-8-4-3-5-9-18/h3-5,8-13H,6-7,15H2,1-2H3. The lowest BCUT2D eigenvalue weighted by Gasteiger charge is -2.13. The van der Waals surface area contributed by atoms with Crippen molar-refractivity contribution in [3.8, 4) is 28.6 Å². The maximum atomic E-state index is 13.6. The van der Waals surface area contributed by atoms with Crippen molar-refractivity contribution < 1.29 is 0 Å². The zero-order valence-electron chi connectivity index (χ0n) is 16.5. The number of hydrogen-bond donors (Lipinski definition) is 0. The van der Waals surface area contributed by atoms with Crippen LogP contribution in [0.4, 0.5) is 0 Å². The highest BCUT2D eigenvalue weighted by Crippen LogP contribution is 2.36. The number of hydrogen-bond acceptors (Lipinski definition) is 4. The Morgan fingerprint density at radius 2 is 1.76 bits per heavy atom. The molecule has 0 N–H and O–H groups in total. The van der Waals surface area contributed by atoms with Crippen LogP contribution < -0.4 is 5.56 Å². The van der Waals surface area contributed by atoms with Gasteiger partial charge in [-0.2, -0.15) is 5.26 Å². The number of nitrogens with zero attached hydrogens (tertiary/aromatic N) is 3. The van der Waals surface area contributed by atoms with Crippen molar-refractivity contribution in [2.45, 2.75) is 33.2 Å². The molecular weight excluding hydrogens is 378 g/mol. The lowest BCUT2D eigenvalue weighted by Crippen LogP contribution is -2.23. The molecule has 4 nitrogen and oxygen atoms in total. The predicted molar refractivity (Wildman–Crippen MR) is 119 cm³/mol. The summed E-state index contributed by atoms with van der Waals surface area (Å²) in [5, 5.41) is 9.62. The molecule has 0 aliphatic heterocycles. The van der Waals surface area contributed by atoms with Crippen LogP contribution in [-0.4, -0.2) is 9.55 Å². The van der Waals surface area contributed by atoms with Crippen LogP contribution >= 0.6 is 11.3 Å². The molecule has 0 saturated carbocycles. The van der Waals surface area contributed by atoms with Gasteiger partial charge in [0.05, 0.1) is 11.5 Å². The third kappa shape index (κ3) is 3.59. The second kappa shape index (κ2) is 8.02. The first-order valence-electron chi connectivity index (χ1n) is 9.63. The number of thiophene rings is 1. The zero-order valence-corrected chi connectivity index (χ0v) is 17.3. The second-order valence-electron chi connectivity index (χ2n) is 7.10. The van der Waals surface area contributed by atoms with Gasteiger partial charge in [0.1, 0.15) is 10.7 Å². The normalized spacial score (nSPS) is 10.9. The quantitative estimate of drug-likeness (QED) is 0.404. The molecule has 0 amide bonds. The van der Waals surface area contributed by atoms with Crippen molar-refractivity contribution in [3.63, 3.8) is 0 Å². The van der Waals surface area contributed by atoms with E-state index < -0.39 is 0 Å². The minimum atomic E-state index is -0.0354. The van der Waals surface area contributed by atoms with Crippen LogP contribution in [0, 0.1) is 25.2 Å². The monoisotopic (exact) mass is 399 g/mol. The Bertz CT molecular complexity index is 1260. The molecule has 2 heterocycles. The molecule has 0 radical (unpaired) electrons. The van der Waals surface area contributed by atoms with Gasteiger partial charge in [-0.25, -0.2) is 4.98 Å². The Labute approximate surface area is 173 Å². The van der Waals surface area contributed by atoms with Gasteiger partial charge in [-0.15, -0.1) is 11.3 Å². The summed E-state index contributed by atoms with van der Waals surface area (Å²) in [4.78, 5) is 20.4. The minimum absolute atomic E-state index is 0.0354. The van der Waals surface area contributed by atoms with Crippen LogP contribution in [0.3, 0.4) is 0 Å². The number of nitriles is 1. The van der Waals surface area contributed by atoms with Gasteiger partial charge in [0, 0.05) is 29.0 Å². The fourth-order valence-corrected chi connectivity index (χ4v) is 4.63. The second-order valence-corrected chi connectivity index (χ2v) is 8.30. The molecule has 0 fully saturated rings. The third-order valence-electron chi connectivity index (χ3n) is 5.03. The van der Waals surface area contributed by atoms with Crippen molar-refractivity contribution in [2.75, 3.05) is 0 Å². The Balaban J connectivity index is 1.99. The van der Waals surface area contributed by atoms with Gasteiger partial charge >= 0.3 is 0 Å².